The molecule has 0 aliphatic heterocycles. The van der Waals surface area contributed by atoms with Crippen molar-refractivity contribution >= 4 is 22.5 Å². The van der Waals surface area contributed by atoms with E-state index in [1.165, 1.54) is 18.0 Å². The van der Waals surface area contributed by atoms with E-state index in [1.807, 2.05) is 13.8 Å². The van der Waals surface area contributed by atoms with Gasteiger partial charge in [-0.1, -0.05) is 18.2 Å². The van der Waals surface area contributed by atoms with Crippen LogP contribution in [-0.2, 0) is 7.05 Å². The van der Waals surface area contributed by atoms with Crippen LogP contribution in [0.2, 0.25) is 0 Å². The number of fused-ring (bicyclic) bond motifs is 1. The first-order valence-electron chi connectivity index (χ1n) is 7.16. The zero-order valence-electron chi connectivity index (χ0n) is 13.0. The van der Waals surface area contributed by atoms with E-state index in [0.29, 0.717) is 16.6 Å². The van der Waals surface area contributed by atoms with E-state index in [9.17, 15) is 9.59 Å². The number of carbonyl (C=O) groups excluding carboxylic acids is 1. The summed E-state index contributed by atoms with van der Waals surface area (Å²) in [7, 11) is 1.51. The number of rotatable bonds is 3. The van der Waals surface area contributed by atoms with Gasteiger partial charge < -0.3 is 5.32 Å². The van der Waals surface area contributed by atoms with Crippen molar-refractivity contribution in [1.29, 1.82) is 0 Å². The average molecular weight is 312 g/mol. The average Bonchev–Trinajstić information content (AvgIpc) is 2.99. The summed E-state index contributed by atoms with van der Waals surface area (Å²) in [6.07, 6.45) is 1.47. The van der Waals surface area contributed by atoms with E-state index in [4.69, 9.17) is 0 Å². The number of benzene rings is 1. The van der Waals surface area contributed by atoms with Crippen molar-refractivity contribution in [1.82, 2.24) is 24.8 Å². The lowest BCUT2D eigenvalue weighted by atomic mass is 10.1. The lowest BCUT2D eigenvalue weighted by molar-refractivity contribution is 0.102. The van der Waals surface area contributed by atoms with Gasteiger partial charge in [-0.3, -0.25) is 9.59 Å². The van der Waals surface area contributed by atoms with Gasteiger partial charge in [-0.25, -0.2) is 4.68 Å². The van der Waals surface area contributed by atoms with Gasteiger partial charge in [0.05, 0.1) is 17.6 Å². The predicted molar refractivity (Wildman–Crippen MR) is 85.3 cm³/mol. The molecule has 0 unspecified atom stereocenters. The Kier molecular flexibility index (Phi) is 3.65. The lowest BCUT2D eigenvalue weighted by Gasteiger charge is -2.07. The quantitative estimate of drug-likeness (QED) is 0.788. The van der Waals surface area contributed by atoms with Crippen LogP contribution in [0.5, 0.6) is 0 Å². The Morgan fingerprint density at radius 2 is 1.87 bits per heavy atom. The molecule has 0 fully saturated rings. The van der Waals surface area contributed by atoms with Crippen molar-refractivity contribution in [2.75, 3.05) is 5.32 Å². The number of anilines is 1. The second-order valence-corrected chi connectivity index (χ2v) is 5.42. The molecule has 3 aromatic rings. The third kappa shape index (κ3) is 2.70. The molecule has 0 aliphatic rings. The summed E-state index contributed by atoms with van der Waals surface area (Å²) in [5.74, 6) is -0.101. The number of nitrogens with zero attached hydrogens (tertiary/aromatic N) is 5. The van der Waals surface area contributed by atoms with Crippen molar-refractivity contribution in [3.05, 3.63) is 46.5 Å². The van der Waals surface area contributed by atoms with Gasteiger partial charge in [0, 0.05) is 12.4 Å². The smallest absolute Gasteiger partial charge is 0.277 e. The van der Waals surface area contributed by atoms with Crippen LogP contribution in [-0.4, -0.2) is 30.7 Å². The molecule has 0 radical (unpaired) electrons. The number of carbonyl (C=O) groups is 1. The topological polar surface area (TPSA) is 94.7 Å². The van der Waals surface area contributed by atoms with E-state index in [0.717, 1.165) is 4.68 Å². The van der Waals surface area contributed by atoms with Crippen molar-refractivity contribution in [2.24, 2.45) is 7.05 Å². The highest BCUT2D eigenvalue weighted by molar-refractivity contribution is 6.10. The standard InChI is InChI=1S/C15H16N6O2/c1-9(2)21-16-8-12(18-21)17-14(22)13-10-6-4-5-7-11(10)15(23)20(3)19-13/h4-9H,1-3H3,(H,17,18,22). The second-order valence-electron chi connectivity index (χ2n) is 5.42. The zero-order chi connectivity index (χ0) is 16.6. The van der Waals surface area contributed by atoms with Gasteiger partial charge in [0.2, 0.25) is 0 Å². The number of amides is 1. The number of nitrogens with one attached hydrogen (secondary N) is 1. The fraction of sp³-hybridized carbons (Fsp3) is 0.267. The molecule has 1 aromatic carbocycles. The van der Waals surface area contributed by atoms with Crippen LogP contribution in [0.4, 0.5) is 5.82 Å². The molecular formula is C15H16N6O2. The van der Waals surface area contributed by atoms with E-state index in [1.54, 1.807) is 24.3 Å². The zero-order valence-corrected chi connectivity index (χ0v) is 13.0. The summed E-state index contributed by atoms with van der Waals surface area (Å²) in [5.41, 5.74) is -0.0790. The maximum Gasteiger partial charge on any atom is 0.277 e. The van der Waals surface area contributed by atoms with Gasteiger partial charge in [0.1, 0.15) is 0 Å². The summed E-state index contributed by atoms with van der Waals surface area (Å²) in [4.78, 5) is 26.1. The fourth-order valence-electron chi connectivity index (χ4n) is 2.22. The molecule has 1 N–H and O–H groups in total. The van der Waals surface area contributed by atoms with Crippen molar-refractivity contribution < 1.29 is 4.79 Å². The van der Waals surface area contributed by atoms with Gasteiger partial charge in [0.15, 0.2) is 11.5 Å². The molecule has 1 amide bonds. The molecule has 0 atom stereocenters. The predicted octanol–water partition coefficient (Wildman–Crippen LogP) is 1.36. The van der Waals surface area contributed by atoms with Crippen LogP contribution in [0.25, 0.3) is 10.8 Å². The number of hydrogen-bond acceptors (Lipinski definition) is 5. The van der Waals surface area contributed by atoms with Crippen LogP contribution in [0, 0.1) is 0 Å². The molecule has 2 aromatic heterocycles. The summed E-state index contributed by atoms with van der Waals surface area (Å²) < 4.78 is 1.15. The van der Waals surface area contributed by atoms with Gasteiger partial charge in [-0.05, 0) is 19.9 Å². The molecule has 0 aliphatic carbocycles. The molecule has 23 heavy (non-hydrogen) atoms. The van der Waals surface area contributed by atoms with Crippen LogP contribution < -0.4 is 10.9 Å². The third-order valence-electron chi connectivity index (χ3n) is 3.38. The largest absolute Gasteiger partial charge is 0.302 e. The van der Waals surface area contributed by atoms with E-state index in [2.05, 4.69) is 20.6 Å². The first kappa shape index (κ1) is 14.9. The molecule has 0 saturated carbocycles. The van der Waals surface area contributed by atoms with Crippen molar-refractivity contribution in [3.63, 3.8) is 0 Å². The maximum atomic E-state index is 12.5. The lowest BCUT2D eigenvalue weighted by Crippen LogP contribution is -2.25. The summed E-state index contributed by atoms with van der Waals surface area (Å²) >= 11 is 0. The summed E-state index contributed by atoms with van der Waals surface area (Å²) in [6, 6.07) is 6.97. The van der Waals surface area contributed by atoms with Crippen LogP contribution in [0.3, 0.4) is 0 Å². The molecule has 0 spiro atoms. The van der Waals surface area contributed by atoms with Gasteiger partial charge in [0.25, 0.3) is 11.5 Å². The monoisotopic (exact) mass is 312 g/mol. The number of aromatic nitrogens is 5. The second kappa shape index (κ2) is 5.64. The van der Waals surface area contributed by atoms with Gasteiger partial charge in [-0.2, -0.15) is 15.0 Å². The molecular weight excluding hydrogens is 296 g/mol. The molecule has 118 valence electrons. The highest BCUT2D eigenvalue weighted by Gasteiger charge is 2.17. The minimum absolute atomic E-state index is 0.0946. The Morgan fingerprint density at radius 1 is 1.17 bits per heavy atom. The Morgan fingerprint density at radius 3 is 2.52 bits per heavy atom. The van der Waals surface area contributed by atoms with Gasteiger partial charge >= 0.3 is 0 Å². The Labute approximate surface area is 131 Å². The minimum atomic E-state index is -0.437. The van der Waals surface area contributed by atoms with Crippen molar-refractivity contribution in [2.45, 2.75) is 19.9 Å². The van der Waals surface area contributed by atoms with E-state index in [-0.39, 0.29) is 17.3 Å². The van der Waals surface area contributed by atoms with Crippen LogP contribution >= 0.6 is 0 Å². The number of aryl methyl sites for hydroxylation is 1. The fourth-order valence-corrected chi connectivity index (χ4v) is 2.22. The highest BCUT2D eigenvalue weighted by Crippen LogP contribution is 2.14. The third-order valence-corrected chi connectivity index (χ3v) is 3.38. The normalized spacial score (nSPS) is 11.1. The summed E-state index contributed by atoms with van der Waals surface area (Å²) in [6.45, 7) is 3.88. The van der Waals surface area contributed by atoms with Gasteiger partial charge in [-0.15, -0.1) is 5.10 Å². The van der Waals surface area contributed by atoms with Crippen LogP contribution in [0.1, 0.15) is 30.4 Å². The summed E-state index contributed by atoms with van der Waals surface area (Å²) in [5, 5.41) is 15.9. The Balaban J connectivity index is 2.01. The maximum absolute atomic E-state index is 12.5. The first-order valence-corrected chi connectivity index (χ1v) is 7.16. The molecule has 0 bridgehead atoms. The highest BCUT2D eigenvalue weighted by atomic mass is 16.2. The van der Waals surface area contributed by atoms with Crippen LogP contribution in [0.15, 0.2) is 35.3 Å². The Hall–Kier alpha value is -3.03. The van der Waals surface area contributed by atoms with E-state index >= 15 is 0 Å². The van der Waals surface area contributed by atoms with E-state index < -0.39 is 5.91 Å². The molecule has 0 saturated heterocycles. The van der Waals surface area contributed by atoms with Crippen molar-refractivity contribution in [3.8, 4) is 0 Å². The molecule has 8 nitrogen and oxygen atoms in total. The minimum Gasteiger partial charge on any atom is -0.302 e. The first-order chi connectivity index (χ1) is 11.0. The SMILES string of the molecule is CC(C)n1ncc(NC(=O)c2nn(C)c(=O)c3ccccc23)n1. The molecule has 3 rings (SSSR count). The Bertz CT molecular complexity index is 941. The molecule has 8 heteroatoms. The molecule has 2 heterocycles. The number of hydrogen-bond donors (Lipinski definition) is 1.